The van der Waals surface area contributed by atoms with Gasteiger partial charge in [0, 0.05) is 23.4 Å². The van der Waals surface area contributed by atoms with Crippen molar-refractivity contribution in [2.45, 2.75) is 44.5 Å². The lowest BCUT2D eigenvalue weighted by Gasteiger charge is -2.20. The van der Waals surface area contributed by atoms with Crippen molar-refractivity contribution in [3.05, 3.63) is 64.7 Å². The summed E-state index contributed by atoms with van der Waals surface area (Å²) in [6, 6.07) is 6.90. The predicted molar refractivity (Wildman–Crippen MR) is 120 cm³/mol. The molecule has 2 heterocycles. The van der Waals surface area contributed by atoms with Crippen molar-refractivity contribution in [2.75, 3.05) is 0 Å². The Morgan fingerprint density at radius 1 is 1.11 bits per heavy atom. The molecule has 0 saturated heterocycles. The lowest BCUT2D eigenvalue weighted by Crippen LogP contribution is -2.28. The molecular weight excluding hydrogens is 488 g/mol. The Hall–Kier alpha value is -3.34. The maximum Gasteiger partial charge on any atom is 0.534 e. The van der Waals surface area contributed by atoms with Crippen molar-refractivity contribution in [3.63, 3.8) is 0 Å². The molecule has 0 aliphatic heterocycles. The lowest BCUT2D eigenvalue weighted by atomic mass is 9.87. The summed E-state index contributed by atoms with van der Waals surface area (Å²) in [5, 5.41) is 0. The predicted octanol–water partition coefficient (Wildman–Crippen LogP) is 5.60. The Morgan fingerprint density at radius 3 is 2.40 bits per heavy atom. The minimum absolute atomic E-state index is 0.154. The number of carbonyl (C=O) groups is 1. The highest BCUT2D eigenvalue weighted by Crippen LogP contribution is 2.41. The van der Waals surface area contributed by atoms with Crippen LogP contribution in [0.3, 0.4) is 0 Å². The average Bonchev–Trinajstić information content (AvgIpc) is 2.96. The van der Waals surface area contributed by atoms with Crippen LogP contribution in [-0.4, -0.2) is 30.2 Å². The minimum atomic E-state index is -5.87. The molecule has 0 saturated carbocycles. The van der Waals surface area contributed by atoms with Crippen LogP contribution in [0.1, 0.15) is 53.4 Å². The number of aldehydes is 1. The van der Waals surface area contributed by atoms with E-state index < -0.39 is 27.3 Å². The molecule has 0 fully saturated rings. The molecule has 0 unspecified atom stereocenters. The van der Waals surface area contributed by atoms with E-state index in [1.807, 2.05) is 13.8 Å². The molecule has 0 radical (unpaired) electrons. The number of nitrogens with zero attached hydrogens (tertiary/aromatic N) is 2. The first-order valence-electron chi connectivity index (χ1n) is 10.7. The Morgan fingerprint density at radius 2 is 1.80 bits per heavy atom. The van der Waals surface area contributed by atoms with Crippen LogP contribution in [0.5, 0.6) is 5.88 Å². The highest BCUT2D eigenvalue weighted by molar-refractivity contribution is 7.87. The maximum absolute atomic E-state index is 13.6. The van der Waals surface area contributed by atoms with E-state index in [2.05, 4.69) is 9.17 Å². The van der Waals surface area contributed by atoms with Crippen molar-refractivity contribution in [3.8, 4) is 28.3 Å². The van der Waals surface area contributed by atoms with Gasteiger partial charge in [0.2, 0.25) is 5.88 Å². The maximum atomic E-state index is 13.6. The summed E-state index contributed by atoms with van der Waals surface area (Å²) in [6.07, 6.45) is 3.34. The molecule has 0 amide bonds. The largest absolute Gasteiger partial charge is 0.534 e. The van der Waals surface area contributed by atoms with E-state index >= 15 is 0 Å². The third-order valence-corrected chi connectivity index (χ3v) is 6.69. The number of hydrogen-bond acceptors (Lipinski definition) is 6. The van der Waals surface area contributed by atoms with Crippen molar-refractivity contribution < 1.29 is 35.0 Å². The first-order chi connectivity index (χ1) is 16.4. The molecule has 0 spiro atoms. The molecule has 0 atom stereocenters. The van der Waals surface area contributed by atoms with Crippen LogP contribution in [-0.2, 0) is 23.0 Å². The molecule has 4 rings (SSSR count). The molecule has 3 aromatic rings. The van der Waals surface area contributed by atoms with Gasteiger partial charge in [-0.15, -0.1) is 0 Å². The molecular formula is C24H20F4N2O4S. The Bertz CT molecular complexity index is 1400. The standard InChI is InChI=1S/C24H20F4N2O4S/c1-13(2)22-19(12-31)21(14-6-8-16(25)9-7-14)17-5-3-4-15-10-20(29-11-18(15)23(17)30-22)34-35(32,33)24(26,27)28/h6-13H,3-5H2,1-2H3. The summed E-state index contributed by atoms with van der Waals surface area (Å²) >= 11 is 0. The number of pyridine rings is 2. The van der Waals surface area contributed by atoms with Gasteiger partial charge in [0.1, 0.15) is 5.82 Å². The minimum Gasteiger partial charge on any atom is -0.355 e. The Balaban J connectivity index is 1.94. The van der Waals surface area contributed by atoms with Gasteiger partial charge < -0.3 is 4.18 Å². The van der Waals surface area contributed by atoms with Crippen molar-refractivity contribution in [1.29, 1.82) is 0 Å². The van der Waals surface area contributed by atoms with Crippen LogP contribution in [0.15, 0.2) is 36.5 Å². The number of halogens is 4. The second kappa shape index (κ2) is 9.03. The zero-order chi connectivity index (χ0) is 25.5. The molecule has 0 bridgehead atoms. The van der Waals surface area contributed by atoms with Crippen LogP contribution < -0.4 is 4.18 Å². The summed E-state index contributed by atoms with van der Waals surface area (Å²) in [6.45, 7) is 3.73. The van der Waals surface area contributed by atoms with E-state index in [9.17, 15) is 30.8 Å². The van der Waals surface area contributed by atoms with Gasteiger partial charge in [-0.25, -0.2) is 9.37 Å². The number of rotatable bonds is 5. The van der Waals surface area contributed by atoms with E-state index in [4.69, 9.17) is 4.98 Å². The van der Waals surface area contributed by atoms with Crippen molar-refractivity contribution in [2.24, 2.45) is 0 Å². The average molecular weight is 508 g/mol. The topological polar surface area (TPSA) is 86.2 Å². The molecule has 1 aliphatic rings. The second-order valence-electron chi connectivity index (χ2n) is 8.41. The van der Waals surface area contributed by atoms with E-state index in [-0.39, 0.29) is 5.92 Å². The fourth-order valence-corrected chi connectivity index (χ4v) is 4.60. The van der Waals surface area contributed by atoms with Crippen LogP contribution in [0.2, 0.25) is 0 Å². The normalized spacial score (nSPS) is 13.7. The smallest absolute Gasteiger partial charge is 0.355 e. The fourth-order valence-electron chi connectivity index (χ4n) is 4.19. The number of fused-ring (bicyclic) bond motifs is 3. The molecule has 1 aliphatic carbocycles. The first-order valence-corrected chi connectivity index (χ1v) is 12.1. The third kappa shape index (κ3) is 4.64. The molecule has 11 heteroatoms. The molecule has 6 nitrogen and oxygen atoms in total. The van der Waals surface area contributed by atoms with Crippen LogP contribution in [0, 0.1) is 5.82 Å². The fraction of sp³-hybridized carbons (Fsp3) is 0.292. The monoisotopic (exact) mass is 508 g/mol. The summed E-state index contributed by atoms with van der Waals surface area (Å²) in [5.74, 6) is -1.28. The van der Waals surface area contributed by atoms with E-state index in [1.165, 1.54) is 18.3 Å². The second-order valence-corrected chi connectivity index (χ2v) is 9.95. The number of alkyl halides is 3. The van der Waals surface area contributed by atoms with Gasteiger partial charge in [-0.1, -0.05) is 26.0 Å². The van der Waals surface area contributed by atoms with Crippen LogP contribution in [0.25, 0.3) is 22.4 Å². The third-order valence-electron chi connectivity index (χ3n) is 5.73. The SMILES string of the molecule is CC(C)c1nc2c(c(-c3ccc(F)cc3)c1C=O)CCCc1cc(OS(=O)(=O)C(F)(F)F)ncc1-2. The van der Waals surface area contributed by atoms with Crippen LogP contribution >= 0.6 is 0 Å². The van der Waals surface area contributed by atoms with Gasteiger partial charge >= 0.3 is 15.6 Å². The first kappa shape index (κ1) is 24.8. The molecule has 184 valence electrons. The zero-order valence-electron chi connectivity index (χ0n) is 18.7. The summed E-state index contributed by atoms with van der Waals surface area (Å²) in [4.78, 5) is 20.7. The molecule has 1 aromatic carbocycles. The zero-order valence-corrected chi connectivity index (χ0v) is 19.5. The highest BCUT2D eigenvalue weighted by atomic mass is 32.2. The summed E-state index contributed by atoms with van der Waals surface area (Å²) < 4.78 is 78.8. The Kier molecular flexibility index (Phi) is 6.39. The van der Waals surface area contributed by atoms with Crippen molar-refractivity contribution >= 4 is 16.4 Å². The van der Waals surface area contributed by atoms with Gasteiger partial charge in [0.25, 0.3) is 0 Å². The summed E-state index contributed by atoms with van der Waals surface area (Å²) in [7, 11) is -5.87. The van der Waals surface area contributed by atoms with Crippen LogP contribution in [0.4, 0.5) is 17.6 Å². The number of carbonyl (C=O) groups excluding carboxylic acids is 1. The van der Waals surface area contributed by atoms with Gasteiger partial charge in [0.15, 0.2) is 6.29 Å². The lowest BCUT2D eigenvalue weighted by molar-refractivity contribution is -0.0501. The number of hydrogen-bond donors (Lipinski definition) is 0. The molecule has 0 N–H and O–H groups in total. The van der Waals surface area contributed by atoms with Gasteiger partial charge in [-0.05, 0) is 59.6 Å². The molecule has 2 aromatic heterocycles. The van der Waals surface area contributed by atoms with Gasteiger partial charge in [-0.3, -0.25) is 9.78 Å². The highest BCUT2D eigenvalue weighted by Gasteiger charge is 2.49. The van der Waals surface area contributed by atoms with Gasteiger partial charge in [-0.2, -0.15) is 21.6 Å². The number of aromatic nitrogens is 2. The molecule has 35 heavy (non-hydrogen) atoms. The quantitative estimate of drug-likeness (QED) is 0.193. The number of aryl methyl sites for hydroxylation is 1. The van der Waals surface area contributed by atoms with E-state index in [1.54, 1.807) is 12.1 Å². The van der Waals surface area contributed by atoms with E-state index in [0.717, 1.165) is 17.9 Å². The van der Waals surface area contributed by atoms with Crippen molar-refractivity contribution in [1.82, 2.24) is 9.97 Å². The summed E-state index contributed by atoms with van der Waals surface area (Å²) in [5.41, 5.74) is -1.23. The van der Waals surface area contributed by atoms with E-state index in [0.29, 0.717) is 58.5 Å². The van der Waals surface area contributed by atoms with Gasteiger partial charge in [0.05, 0.1) is 11.4 Å². The Labute approximate surface area is 199 Å². The number of benzene rings is 1.